The van der Waals surface area contributed by atoms with Crippen molar-refractivity contribution in [2.75, 3.05) is 10.6 Å². The lowest BCUT2D eigenvalue weighted by Crippen LogP contribution is -2.27. The predicted molar refractivity (Wildman–Crippen MR) is 192 cm³/mol. The van der Waals surface area contributed by atoms with E-state index in [0.29, 0.717) is 28.4 Å². The molecule has 3 aromatic carbocycles. The number of nitrogens with zero attached hydrogens (tertiary/aromatic N) is 3. The van der Waals surface area contributed by atoms with E-state index in [-0.39, 0.29) is 17.9 Å². The third-order valence-electron chi connectivity index (χ3n) is 7.03. The number of halogens is 1. The highest BCUT2D eigenvalue weighted by Crippen LogP contribution is 2.37. The molecule has 2 amide bonds. The Hall–Kier alpha value is -4.48. The molecule has 0 aliphatic carbocycles. The molecule has 5 rings (SSSR count). The van der Waals surface area contributed by atoms with Crippen LogP contribution >= 0.6 is 27.7 Å². The van der Waals surface area contributed by atoms with Crippen LogP contribution in [-0.2, 0) is 4.74 Å². The minimum Gasteiger partial charge on any atom is -0.444 e. The standard InChI is InChI=1S/C36H37BrN6O3S/c1-21(2)29-16-15-28-32(42-29)38-20-39-33(28)43-30-19-24(34(44)40-22(3)23-8-7-9-25(37)18-23)10-17-31(30)47-27-13-11-26(12-14-27)41-35(45)46-36(4,5)6/h7-22H,1-6H3,(H,40,44)(H,41,45)(H,38,39,42,43). The van der Waals surface area contributed by atoms with Crippen molar-refractivity contribution in [1.82, 2.24) is 20.3 Å². The predicted octanol–water partition coefficient (Wildman–Crippen LogP) is 9.64. The van der Waals surface area contributed by atoms with Crippen LogP contribution in [0.3, 0.4) is 0 Å². The lowest BCUT2D eigenvalue weighted by Gasteiger charge is -2.19. The van der Waals surface area contributed by atoms with Crippen LogP contribution in [0.15, 0.2) is 99.5 Å². The van der Waals surface area contributed by atoms with E-state index in [1.807, 2.05) is 107 Å². The molecule has 1 atom stereocenters. The number of nitrogens with one attached hydrogen (secondary N) is 3. The molecule has 2 heterocycles. The molecule has 2 aromatic heterocycles. The number of hydrogen-bond acceptors (Lipinski definition) is 8. The van der Waals surface area contributed by atoms with Crippen LogP contribution in [0.5, 0.6) is 0 Å². The Morgan fingerprint density at radius 2 is 1.68 bits per heavy atom. The summed E-state index contributed by atoms with van der Waals surface area (Å²) in [7, 11) is 0. The molecular formula is C36H37BrN6O3S. The van der Waals surface area contributed by atoms with Crippen molar-refractivity contribution in [2.24, 2.45) is 0 Å². The maximum atomic E-state index is 13.5. The van der Waals surface area contributed by atoms with Crippen LogP contribution in [0.25, 0.3) is 11.0 Å². The van der Waals surface area contributed by atoms with Gasteiger partial charge in [0.25, 0.3) is 5.91 Å². The maximum absolute atomic E-state index is 13.5. The molecule has 0 aliphatic heterocycles. The average Bonchev–Trinajstić information content (AvgIpc) is 3.01. The Balaban J connectivity index is 1.44. The fourth-order valence-corrected chi connectivity index (χ4v) is 5.96. The highest BCUT2D eigenvalue weighted by molar-refractivity contribution is 9.10. The zero-order chi connectivity index (χ0) is 33.7. The number of amides is 2. The fourth-order valence-electron chi connectivity index (χ4n) is 4.66. The summed E-state index contributed by atoms with van der Waals surface area (Å²) >= 11 is 5.02. The normalized spacial score (nSPS) is 12.1. The third kappa shape index (κ3) is 9.08. The number of pyridine rings is 1. The van der Waals surface area contributed by atoms with Crippen molar-refractivity contribution in [3.63, 3.8) is 0 Å². The zero-order valence-corrected chi connectivity index (χ0v) is 29.5. The minimum absolute atomic E-state index is 0.203. The van der Waals surface area contributed by atoms with Crippen LogP contribution in [0.4, 0.5) is 22.0 Å². The van der Waals surface area contributed by atoms with Gasteiger partial charge in [-0.2, -0.15) is 0 Å². The topological polar surface area (TPSA) is 118 Å². The molecule has 5 aromatic rings. The number of hydrogen-bond donors (Lipinski definition) is 3. The molecule has 3 N–H and O–H groups in total. The number of anilines is 3. The zero-order valence-electron chi connectivity index (χ0n) is 27.1. The van der Waals surface area contributed by atoms with Crippen molar-refractivity contribution >= 4 is 67.9 Å². The Kier molecular flexibility index (Phi) is 10.5. The summed E-state index contributed by atoms with van der Waals surface area (Å²) in [6.45, 7) is 11.6. The lowest BCUT2D eigenvalue weighted by atomic mass is 10.1. The van der Waals surface area contributed by atoms with Crippen LogP contribution in [0, 0.1) is 0 Å². The van der Waals surface area contributed by atoms with Gasteiger partial charge >= 0.3 is 6.09 Å². The van der Waals surface area contributed by atoms with Gasteiger partial charge in [0.05, 0.1) is 17.1 Å². The number of fused-ring (bicyclic) bond motifs is 1. The maximum Gasteiger partial charge on any atom is 0.412 e. The van der Waals surface area contributed by atoms with Gasteiger partial charge < -0.3 is 15.4 Å². The van der Waals surface area contributed by atoms with Crippen LogP contribution < -0.4 is 16.0 Å². The molecule has 0 saturated carbocycles. The molecule has 47 heavy (non-hydrogen) atoms. The molecule has 0 fully saturated rings. The Morgan fingerprint density at radius 3 is 2.38 bits per heavy atom. The number of aromatic nitrogens is 3. The lowest BCUT2D eigenvalue weighted by molar-refractivity contribution is 0.0635. The van der Waals surface area contributed by atoms with Crippen LogP contribution in [0.2, 0.25) is 0 Å². The van der Waals surface area contributed by atoms with Crippen molar-refractivity contribution in [3.8, 4) is 0 Å². The van der Waals surface area contributed by atoms with E-state index >= 15 is 0 Å². The molecule has 9 nitrogen and oxygen atoms in total. The number of carbonyl (C=O) groups excluding carboxylic acids is 2. The van der Waals surface area contributed by atoms with Gasteiger partial charge in [0, 0.05) is 31.2 Å². The molecular weight excluding hydrogens is 676 g/mol. The third-order valence-corrected chi connectivity index (χ3v) is 8.61. The van der Waals surface area contributed by atoms with E-state index < -0.39 is 11.7 Å². The second-order valence-corrected chi connectivity index (χ2v) is 14.4. The quantitative estimate of drug-likeness (QED) is 0.138. The van der Waals surface area contributed by atoms with Gasteiger partial charge in [-0.05, 0) is 106 Å². The van der Waals surface area contributed by atoms with E-state index in [1.54, 1.807) is 0 Å². The highest BCUT2D eigenvalue weighted by Gasteiger charge is 2.18. The Morgan fingerprint density at radius 1 is 0.915 bits per heavy atom. The van der Waals surface area contributed by atoms with Gasteiger partial charge in [-0.15, -0.1) is 0 Å². The molecule has 11 heteroatoms. The van der Waals surface area contributed by atoms with Gasteiger partial charge in [0.1, 0.15) is 17.7 Å². The first-order valence-electron chi connectivity index (χ1n) is 15.2. The minimum atomic E-state index is -0.592. The molecule has 0 spiro atoms. The highest BCUT2D eigenvalue weighted by atomic mass is 79.9. The summed E-state index contributed by atoms with van der Waals surface area (Å²) in [5.74, 6) is 0.635. The van der Waals surface area contributed by atoms with Crippen LogP contribution in [-0.4, -0.2) is 32.6 Å². The average molecular weight is 714 g/mol. The summed E-state index contributed by atoms with van der Waals surface area (Å²) in [5, 5.41) is 10.1. The van der Waals surface area contributed by atoms with Crippen molar-refractivity contribution < 1.29 is 14.3 Å². The van der Waals surface area contributed by atoms with Crippen molar-refractivity contribution in [2.45, 2.75) is 68.9 Å². The molecule has 0 saturated heterocycles. The number of rotatable bonds is 9. The molecule has 1 unspecified atom stereocenters. The first-order chi connectivity index (χ1) is 22.3. The smallest absolute Gasteiger partial charge is 0.412 e. The fraction of sp³-hybridized carbons (Fsp3) is 0.250. The van der Waals surface area contributed by atoms with E-state index in [2.05, 4.69) is 55.7 Å². The first kappa shape index (κ1) is 33.9. The Bertz CT molecular complexity index is 1910. The molecule has 0 aliphatic rings. The first-order valence-corrected chi connectivity index (χ1v) is 16.8. The summed E-state index contributed by atoms with van der Waals surface area (Å²) in [4.78, 5) is 41.2. The number of carbonyl (C=O) groups is 2. The summed E-state index contributed by atoms with van der Waals surface area (Å²) in [6, 6.07) is 24.6. The van der Waals surface area contributed by atoms with Crippen molar-refractivity contribution in [3.05, 3.63) is 106 Å². The summed E-state index contributed by atoms with van der Waals surface area (Å²) in [5.41, 5.74) is 3.74. The van der Waals surface area contributed by atoms with E-state index in [4.69, 9.17) is 9.72 Å². The SMILES string of the molecule is CC(C)c1ccc2c(Nc3cc(C(=O)NC(C)c4cccc(Br)c4)ccc3Sc3ccc(NC(=O)OC(C)(C)C)cc3)ncnc2n1. The number of benzene rings is 3. The number of ether oxygens (including phenoxy) is 1. The summed E-state index contributed by atoms with van der Waals surface area (Å²) in [6.07, 6.45) is 0.973. The van der Waals surface area contributed by atoms with Gasteiger partial charge in [-0.1, -0.05) is 53.7 Å². The molecule has 0 bridgehead atoms. The van der Waals surface area contributed by atoms with E-state index in [1.165, 1.54) is 18.1 Å². The summed E-state index contributed by atoms with van der Waals surface area (Å²) < 4.78 is 6.31. The second-order valence-electron chi connectivity index (χ2n) is 12.3. The van der Waals surface area contributed by atoms with Crippen molar-refractivity contribution in [1.29, 1.82) is 0 Å². The second kappa shape index (κ2) is 14.5. The Labute approximate surface area is 287 Å². The molecule has 242 valence electrons. The van der Waals surface area contributed by atoms with E-state index in [0.717, 1.165) is 30.9 Å². The van der Waals surface area contributed by atoms with Gasteiger partial charge in [-0.3, -0.25) is 10.1 Å². The van der Waals surface area contributed by atoms with Gasteiger partial charge in [0.15, 0.2) is 5.65 Å². The largest absolute Gasteiger partial charge is 0.444 e. The van der Waals surface area contributed by atoms with Gasteiger partial charge in [0.2, 0.25) is 0 Å². The monoisotopic (exact) mass is 712 g/mol. The molecule has 0 radical (unpaired) electrons. The van der Waals surface area contributed by atoms with Crippen LogP contribution in [0.1, 0.15) is 75.1 Å². The van der Waals surface area contributed by atoms with Gasteiger partial charge in [-0.25, -0.2) is 19.7 Å². The van der Waals surface area contributed by atoms with E-state index in [9.17, 15) is 9.59 Å².